The van der Waals surface area contributed by atoms with E-state index in [0.717, 1.165) is 25.9 Å². The molecular formula is C20H22ClN5O2. The van der Waals surface area contributed by atoms with Gasteiger partial charge in [-0.15, -0.1) is 5.10 Å². The molecule has 0 unspecified atom stereocenters. The molecule has 0 aliphatic carbocycles. The molecule has 1 aliphatic heterocycles. The highest BCUT2D eigenvalue weighted by Gasteiger charge is 2.22. The van der Waals surface area contributed by atoms with Gasteiger partial charge >= 0.3 is 0 Å². The number of fused-ring (bicyclic) bond motifs is 1. The van der Waals surface area contributed by atoms with Gasteiger partial charge in [0.05, 0.1) is 5.02 Å². The van der Waals surface area contributed by atoms with Crippen molar-refractivity contribution in [3.8, 4) is 11.4 Å². The maximum Gasteiger partial charge on any atom is 0.275 e. The number of nitrogens with zero attached hydrogens (tertiary/aromatic N) is 5. The number of aromatic nitrogens is 4. The maximum absolute atomic E-state index is 12.8. The van der Waals surface area contributed by atoms with E-state index in [4.69, 9.17) is 11.6 Å². The van der Waals surface area contributed by atoms with Crippen molar-refractivity contribution in [2.75, 3.05) is 13.1 Å². The van der Waals surface area contributed by atoms with Crippen molar-refractivity contribution in [1.82, 2.24) is 24.1 Å². The molecule has 0 saturated carbocycles. The van der Waals surface area contributed by atoms with Crippen LogP contribution in [0.1, 0.15) is 25.5 Å². The molecule has 1 saturated heterocycles. The highest BCUT2D eigenvalue weighted by Crippen LogP contribution is 2.25. The summed E-state index contributed by atoms with van der Waals surface area (Å²) in [6.45, 7) is 5.69. The molecule has 7 nitrogen and oxygen atoms in total. The van der Waals surface area contributed by atoms with E-state index in [9.17, 15) is 9.59 Å². The van der Waals surface area contributed by atoms with Gasteiger partial charge in [-0.1, -0.05) is 30.7 Å². The van der Waals surface area contributed by atoms with Crippen LogP contribution in [-0.2, 0) is 11.3 Å². The third kappa shape index (κ3) is 3.42. The topological polar surface area (TPSA) is 72.5 Å². The summed E-state index contributed by atoms with van der Waals surface area (Å²) >= 11 is 6.26. The van der Waals surface area contributed by atoms with E-state index in [1.807, 2.05) is 17.0 Å². The summed E-state index contributed by atoms with van der Waals surface area (Å²) in [5.74, 6) is 1.39. The molecule has 0 atom stereocenters. The quantitative estimate of drug-likeness (QED) is 0.678. The van der Waals surface area contributed by atoms with Crippen LogP contribution in [0.5, 0.6) is 0 Å². The normalized spacial score (nSPS) is 15.3. The molecule has 1 fully saturated rings. The number of amides is 1. The first kappa shape index (κ1) is 18.7. The van der Waals surface area contributed by atoms with E-state index in [-0.39, 0.29) is 18.0 Å². The molecule has 1 aliphatic rings. The Morgan fingerprint density at radius 3 is 2.68 bits per heavy atom. The van der Waals surface area contributed by atoms with Crippen molar-refractivity contribution in [3.05, 3.63) is 51.4 Å². The molecule has 0 bridgehead atoms. The van der Waals surface area contributed by atoms with Crippen LogP contribution in [0.3, 0.4) is 0 Å². The van der Waals surface area contributed by atoms with E-state index < -0.39 is 0 Å². The van der Waals surface area contributed by atoms with Crippen LogP contribution in [0.2, 0.25) is 5.02 Å². The number of rotatable bonds is 3. The largest absolute Gasteiger partial charge is 0.341 e. The van der Waals surface area contributed by atoms with Crippen LogP contribution in [-0.4, -0.2) is 43.1 Å². The Balaban J connectivity index is 1.73. The van der Waals surface area contributed by atoms with Crippen molar-refractivity contribution in [2.24, 2.45) is 5.92 Å². The van der Waals surface area contributed by atoms with Gasteiger partial charge in [0.25, 0.3) is 5.56 Å². The second kappa shape index (κ2) is 7.39. The Kier molecular flexibility index (Phi) is 4.93. The minimum absolute atomic E-state index is 0.0304. The molecule has 0 spiro atoms. The van der Waals surface area contributed by atoms with Crippen LogP contribution in [0.4, 0.5) is 0 Å². The highest BCUT2D eigenvalue weighted by atomic mass is 35.5. The SMILES string of the molecule is Cc1cc(=O)n2nc(-c3ccccc3Cl)nc2n1CC(=O)N1CCC(C)CC1. The molecule has 0 radical (unpaired) electrons. The maximum atomic E-state index is 12.8. The molecule has 2 aromatic heterocycles. The monoisotopic (exact) mass is 399 g/mol. The number of likely N-dealkylation sites (tertiary alicyclic amines) is 1. The van der Waals surface area contributed by atoms with Gasteiger partial charge in [-0.2, -0.15) is 9.50 Å². The number of carbonyl (C=O) groups excluding carboxylic acids is 1. The fraction of sp³-hybridized carbons (Fsp3) is 0.400. The number of carbonyl (C=O) groups is 1. The summed E-state index contributed by atoms with van der Waals surface area (Å²) in [6.07, 6.45) is 2.04. The van der Waals surface area contributed by atoms with Gasteiger partial charge in [0.2, 0.25) is 11.7 Å². The zero-order valence-electron chi connectivity index (χ0n) is 15.9. The summed E-state index contributed by atoms with van der Waals surface area (Å²) in [5.41, 5.74) is 1.04. The number of aryl methyl sites for hydroxylation is 1. The molecular weight excluding hydrogens is 378 g/mol. The fourth-order valence-corrected chi connectivity index (χ4v) is 3.77. The van der Waals surface area contributed by atoms with E-state index in [1.54, 1.807) is 23.6 Å². The third-order valence-corrected chi connectivity index (χ3v) is 5.67. The first-order valence-electron chi connectivity index (χ1n) is 9.44. The number of hydrogen-bond donors (Lipinski definition) is 0. The molecule has 8 heteroatoms. The van der Waals surface area contributed by atoms with Gasteiger partial charge < -0.3 is 9.47 Å². The molecule has 3 heterocycles. The lowest BCUT2D eigenvalue weighted by atomic mass is 9.99. The van der Waals surface area contributed by atoms with Gasteiger partial charge in [0.1, 0.15) is 6.54 Å². The van der Waals surface area contributed by atoms with Gasteiger partial charge in [-0.05, 0) is 37.8 Å². The second-order valence-electron chi connectivity index (χ2n) is 7.40. The summed E-state index contributed by atoms with van der Waals surface area (Å²) in [7, 11) is 0. The van der Waals surface area contributed by atoms with Crippen molar-refractivity contribution in [1.29, 1.82) is 0 Å². The Bertz CT molecular complexity index is 1100. The van der Waals surface area contributed by atoms with Gasteiger partial charge in [-0.25, -0.2) is 0 Å². The summed E-state index contributed by atoms with van der Waals surface area (Å²) < 4.78 is 2.98. The van der Waals surface area contributed by atoms with E-state index >= 15 is 0 Å². The van der Waals surface area contributed by atoms with Gasteiger partial charge in [0.15, 0.2) is 5.82 Å². The Morgan fingerprint density at radius 2 is 1.96 bits per heavy atom. The number of benzene rings is 1. The molecule has 4 rings (SSSR count). The molecule has 146 valence electrons. The molecule has 1 aromatic carbocycles. The van der Waals surface area contributed by atoms with Gasteiger partial charge in [0, 0.05) is 30.4 Å². The zero-order valence-corrected chi connectivity index (χ0v) is 16.7. The summed E-state index contributed by atoms with van der Waals surface area (Å²) in [4.78, 5) is 31.7. The highest BCUT2D eigenvalue weighted by molar-refractivity contribution is 6.33. The minimum atomic E-state index is -0.284. The van der Waals surface area contributed by atoms with Crippen molar-refractivity contribution in [3.63, 3.8) is 0 Å². The smallest absolute Gasteiger partial charge is 0.275 e. The summed E-state index contributed by atoms with van der Waals surface area (Å²) in [5, 5.41) is 4.84. The van der Waals surface area contributed by atoms with Crippen LogP contribution in [0.15, 0.2) is 35.1 Å². The molecule has 28 heavy (non-hydrogen) atoms. The van der Waals surface area contributed by atoms with E-state index in [1.165, 1.54) is 10.6 Å². The third-order valence-electron chi connectivity index (χ3n) is 5.34. The molecule has 1 amide bonds. The van der Waals surface area contributed by atoms with Crippen LogP contribution in [0.25, 0.3) is 17.2 Å². The average Bonchev–Trinajstić information content (AvgIpc) is 3.11. The Labute approximate surface area is 167 Å². The summed E-state index contributed by atoms with van der Waals surface area (Å²) in [6, 6.07) is 8.69. The standard InChI is InChI=1S/C20H22ClN5O2/c1-13-7-9-24(10-8-13)18(28)12-25-14(2)11-17(27)26-20(25)22-19(23-26)15-5-3-4-6-16(15)21/h3-6,11,13H,7-10,12H2,1-2H3. The first-order chi connectivity index (χ1) is 13.4. The van der Waals surface area contributed by atoms with Crippen molar-refractivity contribution >= 4 is 23.3 Å². The lowest BCUT2D eigenvalue weighted by Gasteiger charge is -2.30. The number of hydrogen-bond acceptors (Lipinski definition) is 4. The minimum Gasteiger partial charge on any atom is -0.341 e. The van der Waals surface area contributed by atoms with Crippen molar-refractivity contribution in [2.45, 2.75) is 33.2 Å². The molecule has 3 aromatic rings. The predicted molar refractivity (Wildman–Crippen MR) is 107 cm³/mol. The second-order valence-corrected chi connectivity index (χ2v) is 7.81. The van der Waals surface area contributed by atoms with E-state index in [0.29, 0.717) is 33.8 Å². The van der Waals surface area contributed by atoms with Gasteiger partial charge in [-0.3, -0.25) is 9.59 Å². The zero-order chi connectivity index (χ0) is 19.8. The number of piperidine rings is 1. The average molecular weight is 400 g/mol. The van der Waals surface area contributed by atoms with Crippen molar-refractivity contribution < 1.29 is 4.79 Å². The predicted octanol–water partition coefficient (Wildman–Crippen LogP) is 2.78. The molecule has 0 N–H and O–H groups in total. The Morgan fingerprint density at radius 1 is 1.25 bits per heavy atom. The lowest BCUT2D eigenvalue weighted by Crippen LogP contribution is -2.40. The van der Waals surface area contributed by atoms with Crippen LogP contribution in [0, 0.1) is 12.8 Å². The first-order valence-corrected chi connectivity index (χ1v) is 9.81. The van der Waals surface area contributed by atoms with E-state index in [2.05, 4.69) is 17.0 Å². The van der Waals surface area contributed by atoms with Crippen LogP contribution < -0.4 is 5.56 Å². The fourth-order valence-electron chi connectivity index (χ4n) is 3.55. The number of halogens is 1. The van der Waals surface area contributed by atoms with Crippen LogP contribution >= 0.6 is 11.6 Å². The lowest BCUT2D eigenvalue weighted by molar-refractivity contribution is -0.133. The Hall–Kier alpha value is -2.67.